The zero-order chi connectivity index (χ0) is 18.3. The molecule has 0 bridgehead atoms. The quantitative estimate of drug-likeness (QED) is 0.770. The van der Waals surface area contributed by atoms with Crippen LogP contribution in [0.25, 0.3) is 0 Å². The molecule has 2 aromatic carbocycles. The molecule has 0 spiro atoms. The monoisotopic (exact) mass is 364 g/mol. The highest BCUT2D eigenvalue weighted by molar-refractivity contribution is 5.34. The van der Waals surface area contributed by atoms with Crippen molar-refractivity contribution >= 4 is 0 Å². The van der Waals surface area contributed by atoms with Gasteiger partial charge in [-0.25, -0.2) is 0 Å². The Hall–Kier alpha value is -1.68. The van der Waals surface area contributed by atoms with E-state index in [4.69, 9.17) is 4.74 Å². The van der Waals surface area contributed by atoms with Gasteiger partial charge in [-0.15, -0.1) is 0 Å². The lowest BCUT2D eigenvalue weighted by Gasteiger charge is -2.42. The van der Waals surface area contributed by atoms with Crippen LogP contribution < -0.4 is 0 Å². The van der Waals surface area contributed by atoms with Crippen molar-refractivity contribution in [2.45, 2.75) is 31.2 Å². The molecule has 1 unspecified atom stereocenters. The zero-order valence-corrected chi connectivity index (χ0v) is 16.3. The molecular weight excluding hydrogens is 332 g/mol. The van der Waals surface area contributed by atoms with E-state index in [9.17, 15) is 0 Å². The third-order valence-corrected chi connectivity index (χ3v) is 6.17. The molecular formula is C24H32N2O. The van der Waals surface area contributed by atoms with E-state index in [-0.39, 0.29) is 0 Å². The van der Waals surface area contributed by atoms with Gasteiger partial charge in [-0.1, -0.05) is 67.1 Å². The van der Waals surface area contributed by atoms with Crippen LogP contribution in [0.3, 0.4) is 0 Å². The Morgan fingerprint density at radius 3 is 2.04 bits per heavy atom. The topological polar surface area (TPSA) is 15.7 Å². The van der Waals surface area contributed by atoms with Gasteiger partial charge in [0.05, 0.1) is 13.2 Å². The lowest BCUT2D eigenvalue weighted by molar-refractivity contribution is 0.0274. The Morgan fingerprint density at radius 1 is 0.778 bits per heavy atom. The van der Waals surface area contributed by atoms with Gasteiger partial charge in [-0.05, 0) is 30.5 Å². The van der Waals surface area contributed by atoms with Gasteiger partial charge in [0.25, 0.3) is 0 Å². The molecule has 2 aliphatic rings. The van der Waals surface area contributed by atoms with E-state index in [0.29, 0.717) is 12.0 Å². The third-order valence-electron chi connectivity index (χ3n) is 6.17. The first-order valence-corrected chi connectivity index (χ1v) is 10.6. The van der Waals surface area contributed by atoms with Crippen LogP contribution in [0.15, 0.2) is 60.7 Å². The van der Waals surface area contributed by atoms with Crippen molar-refractivity contribution < 1.29 is 4.74 Å². The van der Waals surface area contributed by atoms with E-state index >= 15 is 0 Å². The molecule has 0 aromatic heterocycles. The first-order chi connectivity index (χ1) is 13.4. The van der Waals surface area contributed by atoms with Gasteiger partial charge in [-0.2, -0.15) is 0 Å². The Bertz CT molecular complexity index is 630. The number of benzene rings is 2. The van der Waals surface area contributed by atoms with Crippen LogP contribution >= 0.6 is 0 Å². The minimum Gasteiger partial charge on any atom is -0.379 e. The summed E-state index contributed by atoms with van der Waals surface area (Å²) in [6, 6.07) is 22.8. The predicted molar refractivity (Wildman–Crippen MR) is 111 cm³/mol. The highest BCUT2D eigenvalue weighted by atomic mass is 16.5. The van der Waals surface area contributed by atoms with E-state index in [1.54, 1.807) is 0 Å². The Labute approximate surface area is 163 Å². The molecule has 2 aliphatic heterocycles. The smallest absolute Gasteiger partial charge is 0.0594 e. The summed E-state index contributed by atoms with van der Waals surface area (Å²) in [6.07, 6.45) is 3.96. The van der Waals surface area contributed by atoms with Crippen LogP contribution in [0.1, 0.15) is 36.3 Å². The van der Waals surface area contributed by atoms with Gasteiger partial charge in [0, 0.05) is 38.1 Å². The highest BCUT2D eigenvalue weighted by Crippen LogP contribution is 2.35. The minimum atomic E-state index is 0.456. The Morgan fingerprint density at radius 2 is 1.41 bits per heavy atom. The largest absolute Gasteiger partial charge is 0.379 e. The molecule has 0 aliphatic carbocycles. The van der Waals surface area contributed by atoms with Crippen molar-refractivity contribution in [2.24, 2.45) is 0 Å². The number of rotatable bonds is 6. The average Bonchev–Trinajstić information content (AvgIpc) is 2.76. The van der Waals surface area contributed by atoms with Crippen molar-refractivity contribution in [3.63, 3.8) is 0 Å². The fourth-order valence-electron chi connectivity index (χ4n) is 4.72. The van der Waals surface area contributed by atoms with Crippen molar-refractivity contribution in [1.29, 1.82) is 0 Å². The van der Waals surface area contributed by atoms with Gasteiger partial charge < -0.3 is 4.74 Å². The molecule has 0 radical (unpaired) electrons. The molecule has 3 nitrogen and oxygen atoms in total. The standard InChI is InChI=1S/C24H32N2O/c1-3-9-21(10-4-1)24(22-11-5-2-6-12-22)23-13-7-8-14-26(23)16-15-25-17-19-27-20-18-25/h1-6,9-12,23-24H,7-8,13-20H2. The molecule has 3 heteroatoms. The normalized spacial score (nSPS) is 22.2. The summed E-state index contributed by atoms with van der Waals surface area (Å²) in [5.74, 6) is 0.456. The fraction of sp³-hybridized carbons (Fsp3) is 0.500. The van der Waals surface area contributed by atoms with Crippen molar-refractivity contribution in [3.05, 3.63) is 71.8 Å². The molecule has 2 heterocycles. The van der Waals surface area contributed by atoms with Crippen LogP contribution in [0.2, 0.25) is 0 Å². The fourth-order valence-corrected chi connectivity index (χ4v) is 4.72. The maximum Gasteiger partial charge on any atom is 0.0594 e. The second kappa shape index (κ2) is 9.50. The van der Waals surface area contributed by atoms with E-state index in [0.717, 1.165) is 32.8 Å². The van der Waals surface area contributed by atoms with Crippen molar-refractivity contribution in [2.75, 3.05) is 45.9 Å². The van der Waals surface area contributed by atoms with Crippen molar-refractivity contribution in [3.8, 4) is 0 Å². The summed E-state index contributed by atoms with van der Waals surface area (Å²) in [5, 5.41) is 0. The summed E-state index contributed by atoms with van der Waals surface area (Å²) in [6.45, 7) is 7.50. The summed E-state index contributed by atoms with van der Waals surface area (Å²) in [4.78, 5) is 5.33. The number of nitrogens with zero attached hydrogens (tertiary/aromatic N) is 2. The van der Waals surface area contributed by atoms with E-state index in [1.807, 2.05) is 0 Å². The van der Waals surface area contributed by atoms with Gasteiger partial charge in [0.2, 0.25) is 0 Å². The number of piperidine rings is 1. The summed E-state index contributed by atoms with van der Waals surface area (Å²) in [7, 11) is 0. The number of likely N-dealkylation sites (tertiary alicyclic amines) is 1. The van der Waals surface area contributed by atoms with Gasteiger partial charge in [0.1, 0.15) is 0 Å². The minimum absolute atomic E-state index is 0.456. The van der Waals surface area contributed by atoms with Crippen LogP contribution in [0, 0.1) is 0 Å². The molecule has 4 rings (SSSR count). The van der Waals surface area contributed by atoms with Gasteiger partial charge in [-0.3, -0.25) is 9.80 Å². The van der Waals surface area contributed by atoms with Crippen LogP contribution in [0.5, 0.6) is 0 Å². The second-order valence-corrected chi connectivity index (χ2v) is 7.85. The first-order valence-electron chi connectivity index (χ1n) is 10.6. The molecule has 2 saturated heterocycles. The Kier molecular flexibility index (Phi) is 6.57. The molecule has 27 heavy (non-hydrogen) atoms. The lowest BCUT2D eigenvalue weighted by Crippen LogP contribution is -2.48. The third kappa shape index (κ3) is 4.78. The lowest BCUT2D eigenvalue weighted by atomic mass is 9.80. The highest BCUT2D eigenvalue weighted by Gasteiger charge is 2.32. The maximum atomic E-state index is 5.51. The van der Waals surface area contributed by atoms with E-state index < -0.39 is 0 Å². The number of ether oxygens (including phenoxy) is 1. The molecule has 1 atom stereocenters. The van der Waals surface area contributed by atoms with E-state index in [2.05, 4.69) is 70.5 Å². The molecule has 144 valence electrons. The molecule has 0 saturated carbocycles. The summed E-state index contributed by atoms with van der Waals surface area (Å²) in [5.41, 5.74) is 2.90. The molecule has 0 amide bonds. The SMILES string of the molecule is c1ccc(C(c2ccccc2)C2CCCCN2CCN2CCOCC2)cc1. The second-order valence-electron chi connectivity index (χ2n) is 7.85. The van der Waals surface area contributed by atoms with Gasteiger partial charge in [0.15, 0.2) is 0 Å². The molecule has 2 aromatic rings. The van der Waals surface area contributed by atoms with E-state index in [1.165, 1.54) is 43.5 Å². The predicted octanol–water partition coefficient (Wildman–Crippen LogP) is 4.01. The first kappa shape index (κ1) is 18.7. The Balaban J connectivity index is 1.54. The average molecular weight is 365 g/mol. The summed E-state index contributed by atoms with van der Waals surface area (Å²) >= 11 is 0. The number of hydrogen-bond donors (Lipinski definition) is 0. The summed E-state index contributed by atoms with van der Waals surface area (Å²) < 4.78 is 5.51. The number of morpholine rings is 1. The number of hydrogen-bond acceptors (Lipinski definition) is 3. The molecule has 2 fully saturated rings. The van der Waals surface area contributed by atoms with Crippen LogP contribution in [-0.4, -0.2) is 61.8 Å². The van der Waals surface area contributed by atoms with Crippen LogP contribution in [-0.2, 0) is 4.74 Å². The van der Waals surface area contributed by atoms with Gasteiger partial charge >= 0.3 is 0 Å². The molecule has 0 N–H and O–H groups in total. The van der Waals surface area contributed by atoms with Crippen LogP contribution in [0.4, 0.5) is 0 Å². The zero-order valence-electron chi connectivity index (χ0n) is 16.3. The maximum absolute atomic E-state index is 5.51. The van der Waals surface area contributed by atoms with Crippen molar-refractivity contribution in [1.82, 2.24) is 9.80 Å².